The van der Waals surface area contributed by atoms with Crippen molar-refractivity contribution >= 4 is 23.2 Å². The summed E-state index contributed by atoms with van der Waals surface area (Å²) < 4.78 is 13.8. The molecule has 2 aromatic carbocycles. The number of rotatable bonds is 8. The molecule has 2 heterocycles. The minimum Gasteiger partial charge on any atom is -0.380 e. The van der Waals surface area contributed by atoms with Gasteiger partial charge in [0.05, 0.1) is 18.3 Å². The molecule has 0 spiro atoms. The van der Waals surface area contributed by atoms with Crippen LogP contribution in [0.2, 0.25) is 0 Å². The van der Waals surface area contributed by atoms with Crippen molar-refractivity contribution in [2.24, 2.45) is 0 Å². The van der Waals surface area contributed by atoms with Crippen molar-refractivity contribution in [3.8, 4) is 0 Å². The van der Waals surface area contributed by atoms with Gasteiger partial charge in [0.2, 0.25) is 0 Å². The topological polar surface area (TPSA) is 103 Å². The highest BCUT2D eigenvalue weighted by atomic mass is 32.1. The van der Waals surface area contributed by atoms with E-state index < -0.39 is 24.0 Å². The van der Waals surface area contributed by atoms with Crippen LogP contribution in [0.15, 0.2) is 53.9 Å². The number of likely N-dealkylation sites (tertiary alicyclic amines) is 1. The highest BCUT2D eigenvalue weighted by Gasteiger charge is 2.38. The highest BCUT2D eigenvalue weighted by molar-refractivity contribution is 7.09. The zero-order valence-corrected chi connectivity index (χ0v) is 20.2. The summed E-state index contributed by atoms with van der Waals surface area (Å²) in [6.45, 7) is 2.22. The van der Waals surface area contributed by atoms with E-state index in [1.807, 2.05) is 41.8 Å². The number of nitrogens with one attached hydrogen (secondary N) is 1. The summed E-state index contributed by atoms with van der Waals surface area (Å²) in [5, 5.41) is 25.8. The number of hydrogen-bond donors (Lipinski definition) is 3. The molecule has 4 rings (SSSR count). The van der Waals surface area contributed by atoms with E-state index in [2.05, 4.69) is 10.3 Å². The molecule has 0 radical (unpaired) electrons. The fourth-order valence-corrected chi connectivity index (χ4v) is 5.05. The average Bonchev–Trinajstić information content (AvgIpc) is 3.54. The van der Waals surface area contributed by atoms with Gasteiger partial charge in [-0.1, -0.05) is 42.5 Å². The van der Waals surface area contributed by atoms with E-state index in [4.69, 9.17) is 0 Å². The van der Waals surface area contributed by atoms with Crippen LogP contribution in [0.5, 0.6) is 0 Å². The first-order chi connectivity index (χ1) is 16.8. The Morgan fingerprint density at radius 1 is 1.17 bits per heavy atom. The smallest absolute Gasteiger partial charge is 0.255 e. The summed E-state index contributed by atoms with van der Waals surface area (Å²) in [4.78, 5) is 31.3. The summed E-state index contributed by atoms with van der Waals surface area (Å²) in [6.07, 6.45) is -1.76. The Bertz CT molecular complexity index is 1190. The van der Waals surface area contributed by atoms with Crippen LogP contribution in [0.3, 0.4) is 0 Å². The van der Waals surface area contributed by atoms with Crippen LogP contribution in [-0.4, -0.2) is 50.7 Å². The van der Waals surface area contributed by atoms with E-state index in [1.54, 1.807) is 13.0 Å². The number of thiazole rings is 1. The summed E-state index contributed by atoms with van der Waals surface area (Å²) in [7, 11) is 0. The van der Waals surface area contributed by atoms with Crippen LogP contribution in [0.4, 0.5) is 4.39 Å². The molecule has 1 aromatic heterocycles. The van der Waals surface area contributed by atoms with Crippen molar-refractivity contribution in [3.63, 3.8) is 0 Å². The van der Waals surface area contributed by atoms with Gasteiger partial charge in [-0.05, 0) is 42.5 Å². The number of aliphatic hydroxyl groups is 2. The van der Waals surface area contributed by atoms with Gasteiger partial charge in [-0.3, -0.25) is 9.59 Å². The lowest BCUT2D eigenvalue weighted by molar-refractivity contribution is -0.153. The summed E-state index contributed by atoms with van der Waals surface area (Å²) in [5.74, 6) is -1.78. The summed E-state index contributed by atoms with van der Waals surface area (Å²) in [6, 6.07) is 14.2. The summed E-state index contributed by atoms with van der Waals surface area (Å²) >= 11 is 1.33. The third-order valence-electron chi connectivity index (χ3n) is 6.31. The second-order valence-corrected chi connectivity index (χ2v) is 9.58. The predicted molar refractivity (Wildman–Crippen MR) is 130 cm³/mol. The molecule has 9 heteroatoms. The van der Waals surface area contributed by atoms with Gasteiger partial charge in [0.1, 0.15) is 10.8 Å². The molecule has 3 N–H and O–H groups in total. The van der Waals surface area contributed by atoms with Crippen molar-refractivity contribution in [1.29, 1.82) is 0 Å². The normalized spacial score (nSPS) is 17.3. The predicted octanol–water partition coefficient (Wildman–Crippen LogP) is 2.88. The van der Waals surface area contributed by atoms with Gasteiger partial charge < -0.3 is 20.4 Å². The number of aromatic nitrogens is 1. The molecular weight excluding hydrogens is 469 g/mol. The van der Waals surface area contributed by atoms with E-state index >= 15 is 0 Å². The molecule has 0 aliphatic carbocycles. The number of carbonyl (C=O) groups excluding carboxylic acids is 2. The average molecular weight is 498 g/mol. The number of benzene rings is 2. The van der Waals surface area contributed by atoms with Crippen molar-refractivity contribution in [3.05, 3.63) is 87.1 Å². The molecule has 35 heavy (non-hydrogen) atoms. The van der Waals surface area contributed by atoms with Crippen LogP contribution < -0.4 is 5.32 Å². The summed E-state index contributed by atoms with van der Waals surface area (Å²) in [5.41, 5.74) is 3.10. The Hall–Kier alpha value is -3.14. The SMILES string of the molecule is Cc1c(F)cccc1Cc1csc(CNC(=O)[C@H](O)[C@@H](O)C(=O)N2CCCC2c2ccccc2)n1. The fraction of sp³-hybridized carbons (Fsp3) is 0.346. The van der Waals surface area contributed by atoms with E-state index in [9.17, 15) is 24.2 Å². The third kappa shape index (κ3) is 5.75. The molecule has 3 atom stereocenters. The molecule has 2 amide bonds. The number of halogens is 1. The molecule has 0 bridgehead atoms. The number of hydrogen-bond acceptors (Lipinski definition) is 6. The molecule has 1 unspecified atom stereocenters. The van der Waals surface area contributed by atoms with Crippen LogP contribution in [0.25, 0.3) is 0 Å². The molecule has 1 saturated heterocycles. The third-order valence-corrected chi connectivity index (χ3v) is 7.20. The first-order valence-electron chi connectivity index (χ1n) is 11.5. The molecular formula is C26H28FN3O4S. The van der Waals surface area contributed by atoms with Crippen LogP contribution in [-0.2, 0) is 22.6 Å². The molecule has 7 nitrogen and oxygen atoms in total. The van der Waals surface area contributed by atoms with Crippen molar-refractivity contribution < 1.29 is 24.2 Å². The zero-order chi connectivity index (χ0) is 24.9. The molecule has 1 fully saturated rings. The van der Waals surface area contributed by atoms with E-state index in [0.717, 1.165) is 29.7 Å². The maximum absolute atomic E-state index is 13.8. The monoisotopic (exact) mass is 497 g/mol. The van der Waals surface area contributed by atoms with E-state index in [0.29, 0.717) is 23.5 Å². The van der Waals surface area contributed by atoms with E-state index in [1.165, 1.54) is 22.3 Å². The number of nitrogens with zero attached hydrogens (tertiary/aromatic N) is 2. The van der Waals surface area contributed by atoms with Crippen molar-refractivity contribution in [1.82, 2.24) is 15.2 Å². The van der Waals surface area contributed by atoms with Gasteiger partial charge in [-0.25, -0.2) is 9.37 Å². The standard InChI is InChI=1S/C26H28FN3O4S/c1-16-18(9-5-10-20(16)27)13-19-15-35-22(29-19)14-28-25(33)23(31)24(32)26(34)30-12-6-11-21(30)17-7-3-2-4-8-17/h2-5,7-10,15,21,23-24,31-32H,6,11-14H2,1H3,(H,28,33)/t21?,23-,24-/m1/s1. The fourth-order valence-electron chi connectivity index (χ4n) is 4.32. The number of carbonyl (C=O) groups is 2. The van der Waals surface area contributed by atoms with Crippen molar-refractivity contribution in [2.45, 2.75) is 51.0 Å². The lowest BCUT2D eigenvalue weighted by Gasteiger charge is -2.28. The lowest BCUT2D eigenvalue weighted by atomic mass is 10.0. The number of aliphatic hydroxyl groups excluding tert-OH is 2. The van der Waals surface area contributed by atoms with Crippen molar-refractivity contribution in [2.75, 3.05) is 6.54 Å². The van der Waals surface area contributed by atoms with E-state index in [-0.39, 0.29) is 18.4 Å². The van der Waals surface area contributed by atoms with Gasteiger partial charge >= 0.3 is 0 Å². The Morgan fingerprint density at radius 3 is 2.71 bits per heavy atom. The largest absolute Gasteiger partial charge is 0.380 e. The Labute approximate surface area is 207 Å². The van der Waals surface area contributed by atoms with Gasteiger partial charge in [0.25, 0.3) is 11.8 Å². The van der Waals surface area contributed by atoms with Crippen LogP contribution in [0, 0.1) is 12.7 Å². The Balaban J connectivity index is 1.32. The maximum Gasteiger partial charge on any atom is 0.255 e. The first-order valence-corrected chi connectivity index (χ1v) is 12.4. The van der Waals surface area contributed by atoms with Crippen LogP contribution in [0.1, 0.15) is 46.3 Å². The highest BCUT2D eigenvalue weighted by Crippen LogP contribution is 2.32. The second kappa shape index (κ2) is 11.1. The quantitative estimate of drug-likeness (QED) is 0.444. The van der Waals surface area contributed by atoms with Gasteiger partial charge in [0.15, 0.2) is 12.2 Å². The lowest BCUT2D eigenvalue weighted by Crippen LogP contribution is -2.50. The Kier molecular flexibility index (Phi) is 7.90. The minimum absolute atomic E-state index is 0.0416. The van der Waals surface area contributed by atoms with Gasteiger partial charge in [0, 0.05) is 18.3 Å². The molecule has 0 saturated carbocycles. The molecule has 1 aliphatic rings. The maximum atomic E-state index is 13.8. The Morgan fingerprint density at radius 2 is 1.94 bits per heavy atom. The first kappa shape index (κ1) is 25.0. The molecule has 3 aromatic rings. The van der Waals surface area contributed by atoms with Crippen LogP contribution >= 0.6 is 11.3 Å². The minimum atomic E-state index is -1.89. The van der Waals surface area contributed by atoms with Gasteiger partial charge in [-0.15, -0.1) is 11.3 Å². The second-order valence-electron chi connectivity index (χ2n) is 8.64. The molecule has 1 aliphatic heterocycles. The molecule has 184 valence electrons. The number of amides is 2. The van der Waals surface area contributed by atoms with Gasteiger partial charge in [-0.2, -0.15) is 0 Å². The zero-order valence-electron chi connectivity index (χ0n) is 19.4.